The second kappa shape index (κ2) is 11.8. The van der Waals surface area contributed by atoms with E-state index in [9.17, 15) is 9.59 Å². The van der Waals surface area contributed by atoms with E-state index in [0.717, 1.165) is 78.7 Å². The molecule has 204 valence electrons. The molecule has 1 fully saturated rings. The summed E-state index contributed by atoms with van der Waals surface area (Å²) in [6.07, 6.45) is 8.12. The van der Waals surface area contributed by atoms with Gasteiger partial charge in [0.15, 0.2) is 0 Å². The summed E-state index contributed by atoms with van der Waals surface area (Å²) in [5, 5.41) is 1.65. The van der Waals surface area contributed by atoms with Crippen LogP contribution in [0.15, 0.2) is 64.0 Å². The van der Waals surface area contributed by atoms with Crippen LogP contribution in [0, 0.1) is 5.92 Å². The fraction of sp³-hybridized carbons (Fsp3) is 0.387. The lowest BCUT2D eigenvalue weighted by atomic mass is 9.98. The van der Waals surface area contributed by atoms with Gasteiger partial charge >= 0.3 is 0 Å². The first-order valence-corrected chi connectivity index (χ1v) is 15.0. The van der Waals surface area contributed by atoms with Gasteiger partial charge in [-0.3, -0.25) is 13.9 Å². The lowest BCUT2D eigenvalue weighted by Gasteiger charge is -2.37. The van der Waals surface area contributed by atoms with Gasteiger partial charge in [0.05, 0.1) is 5.69 Å². The average Bonchev–Trinajstić information content (AvgIpc) is 3.08. The topological polar surface area (TPSA) is 83.9 Å². The lowest BCUT2D eigenvalue weighted by Crippen LogP contribution is -2.45. The largest absolute Gasteiger partial charge is 0.387 e. The maximum atomic E-state index is 13.3. The standard InChI is InChI=1S/C31H37N5O2S/c1-4-11-34(12-5-2)30(37)26-15-25-7-6-23(16-28(25)33-29(32)17-26)22-8-9-27-24(14-22)10-13-35(31(27)38)18-21-19-36(20-21)39-3/h6-10,13-16,21H,4-5,11-12,17-20H2,1-3H3,(H2,32,33). The van der Waals surface area contributed by atoms with Gasteiger partial charge in [-0.15, -0.1) is 0 Å². The van der Waals surface area contributed by atoms with Gasteiger partial charge in [0.1, 0.15) is 5.84 Å². The van der Waals surface area contributed by atoms with Crippen molar-refractivity contribution < 1.29 is 4.79 Å². The van der Waals surface area contributed by atoms with Crippen LogP contribution < -0.4 is 11.3 Å². The normalized spacial score (nSPS) is 15.8. The summed E-state index contributed by atoms with van der Waals surface area (Å²) in [6, 6.07) is 14.1. The highest BCUT2D eigenvalue weighted by molar-refractivity contribution is 7.96. The third-order valence-corrected chi connectivity index (χ3v) is 8.31. The van der Waals surface area contributed by atoms with Crippen molar-refractivity contribution in [3.05, 3.63) is 70.2 Å². The monoisotopic (exact) mass is 543 g/mol. The molecule has 39 heavy (non-hydrogen) atoms. The Hall–Kier alpha value is -3.36. The molecule has 0 spiro atoms. The Morgan fingerprint density at radius 2 is 1.79 bits per heavy atom. The highest BCUT2D eigenvalue weighted by Crippen LogP contribution is 2.33. The molecule has 8 heteroatoms. The number of amidine groups is 1. The molecule has 1 amide bonds. The zero-order valence-corrected chi connectivity index (χ0v) is 23.8. The van der Waals surface area contributed by atoms with Gasteiger partial charge in [0, 0.05) is 67.8 Å². The number of rotatable bonds is 9. The highest BCUT2D eigenvalue weighted by Gasteiger charge is 2.26. The molecule has 0 saturated carbocycles. The number of aliphatic imine (C=N–C) groups is 1. The maximum absolute atomic E-state index is 13.3. The fourth-order valence-electron chi connectivity index (χ4n) is 5.44. The van der Waals surface area contributed by atoms with Crippen molar-refractivity contribution >= 4 is 46.2 Å². The van der Waals surface area contributed by atoms with Gasteiger partial charge in [0.25, 0.3) is 5.56 Å². The molecule has 7 nitrogen and oxygen atoms in total. The number of hydrogen-bond acceptors (Lipinski definition) is 6. The van der Waals surface area contributed by atoms with Crippen molar-refractivity contribution in [3.63, 3.8) is 0 Å². The van der Waals surface area contributed by atoms with Gasteiger partial charge in [-0.05, 0) is 66.0 Å². The number of nitrogens with zero attached hydrogens (tertiary/aromatic N) is 4. The smallest absolute Gasteiger partial charge is 0.258 e. The average molecular weight is 544 g/mol. The predicted molar refractivity (Wildman–Crippen MR) is 163 cm³/mol. The van der Waals surface area contributed by atoms with Gasteiger partial charge in [0.2, 0.25) is 5.91 Å². The Morgan fingerprint density at radius 1 is 1.08 bits per heavy atom. The molecule has 1 aromatic heterocycles. The quantitative estimate of drug-likeness (QED) is 0.370. The molecular formula is C31H37N5O2S. The molecule has 2 aliphatic heterocycles. The van der Waals surface area contributed by atoms with Crippen molar-refractivity contribution in [2.75, 3.05) is 32.4 Å². The second-order valence-corrected chi connectivity index (χ2v) is 11.4. The minimum absolute atomic E-state index is 0.0350. The van der Waals surface area contributed by atoms with Crippen LogP contribution >= 0.6 is 11.9 Å². The van der Waals surface area contributed by atoms with Crippen LogP contribution in [-0.4, -0.2) is 57.9 Å². The van der Waals surface area contributed by atoms with Crippen LogP contribution in [0.1, 0.15) is 38.7 Å². The molecule has 0 bridgehead atoms. The van der Waals surface area contributed by atoms with Crippen LogP contribution in [0.25, 0.3) is 28.0 Å². The Morgan fingerprint density at radius 3 is 2.51 bits per heavy atom. The molecule has 1 saturated heterocycles. The first-order valence-electron chi connectivity index (χ1n) is 13.8. The Balaban J connectivity index is 1.41. The first kappa shape index (κ1) is 27.2. The minimum atomic E-state index is 0.0350. The van der Waals surface area contributed by atoms with E-state index in [-0.39, 0.29) is 11.5 Å². The molecular weight excluding hydrogens is 506 g/mol. The van der Waals surface area contributed by atoms with Crippen molar-refractivity contribution in [1.82, 2.24) is 13.8 Å². The number of pyridine rings is 1. The second-order valence-electron chi connectivity index (χ2n) is 10.5. The Labute approximate surface area is 234 Å². The van der Waals surface area contributed by atoms with Crippen molar-refractivity contribution in [2.45, 2.75) is 39.7 Å². The Bertz CT molecular complexity index is 1500. The van der Waals surface area contributed by atoms with Gasteiger partial charge < -0.3 is 15.2 Å². The SMILES string of the molecule is CCCN(CCC)C(=O)C1=Cc2ccc(-c3ccc4c(=O)n(CC5CN(SC)C5)ccc4c3)cc2N=C(N)C1. The number of nitrogens with two attached hydrogens (primary N) is 1. The van der Waals surface area contributed by atoms with E-state index >= 15 is 0 Å². The number of fused-ring (bicyclic) bond motifs is 2. The van der Waals surface area contributed by atoms with E-state index in [2.05, 4.69) is 35.5 Å². The molecule has 0 atom stereocenters. The molecule has 5 rings (SSSR count). The molecule has 2 N–H and O–H groups in total. The van der Waals surface area contributed by atoms with E-state index in [0.29, 0.717) is 23.7 Å². The van der Waals surface area contributed by atoms with E-state index in [1.54, 1.807) is 11.9 Å². The van der Waals surface area contributed by atoms with Crippen molar-refractivity contribution in [1.29, 1.82) is 0 Å². The lowest BCUT2D eigenvalue weighted by molar-refractivity contribution is -0.127. The summed E-state index contributed by atoms with van der Waals surface area (Å²) < 4.78 is 4.15. The number of benzene rings is 2. The Kier molecular flexibility index (Phi) is 8.23. The van der Waals surface area contributed by atoms with E-state index in [1.165, 1.54) is 0 Å². The predicted octanol–water partition coefficient (Wildman–Crippen LogP) is 5.30. The van der Waals surface area contributed by atoms with Crippen LogP contribution in [0.4, 0.5) is 5.69 Å². The number of amides is 1. The first-order chi connectivity index (χ1) is 18.9. The number of aromatic nitrogens is 1. The number of carbonyl (C=O) groups excluding carboxylic acids is 1. The highest BCUT2D eigenvalue weighted by atomic mass is 32.2. The summed E-state index contributed by atoms with van der Waals surface area (Å²) in [6.45, 7) is 8.44. The maximum Gasteiger partial charge on any atom is 0.258 e. The molecule has 2 aliphatic rings. The third kappa shape index (κ3) is 5.82. The van der Waals surface area contributed by atoms with Crippen molar-refractivity contribution in [3.8, 4) is 11.1 Å². The van der Waals surface area contributed by atoms with Crippen LogP contribution in [0.2, 0.25) is 0 Å². The van der Waals surface area contributed by atoms with Gasteiger partial charge in [-0.25, -0.2) is 4.99 Å². The third-order valence-electron chi connectivity index (χ3n) is 7.49. The number of hydrogen-bond donors (Lipinski definition) is 1. The molecule has 2 aromatic carbocycles. The molecule has 0 aliphatic carbocycles. The molecule has 0 unspecified atom stereocenters. The van der Waals surface area contributed by atoms with Gasteiger partial charge in [-0.1, -0.05) is 44.0 Å². The number of carbonyl (C=O) groups is 1. The minimum Gasteiger partial charge on any atom is -0.387 e. The summed E-state index contributed by atoms with van der Waals surface area (Å²) in [5.74, 6) is 0.989. The zero-order chi connectivity index (χ0) is 27.5. The van der Waals surface area contributed by atoms with Crippen LogP contribution in [0.5, 0.6) is 0 Å². The summed E-state index contributed by atoms with van der Waals surface area (Å²) in [5.41, 5.74) is 10.6. The van der Waals surface area contributed by atoms with E-state index < -0.39 is 0 Å². The van der Waals surface area contributed by atoms with E-state index in [4.69, 9.17) is 5.73 Å². The zero-order valence-electron chi connectivity index (χ0n) is 23.0. The molecule has 0 radical (unpaired) electrons. The summed E-state index contributed by atoms with van der Waals surface area (Å²) >= 11 is 1.76. The molecule has 3 aromatic rings. The van der Waals surface area contributed by atoms with Crippen LogP contribution in [0.3, 0.4) is 0 Å². The van der Waals surface area contributed by atoms with E-state index in [1.807, 2.05) is 58.1 Å². The summed E-state index contributed by atoms with van der Waals surface area (Å²) in [7, 11) is 0. The van der Waals surface area contributed by atoms with Gasteiger partial charge in [-0.2, -0.15) is 0 Å². The summed E-state index contributed by atoms with van der Waals surface area (Å²) in [4.78, 5) is 33.0. The molecule has 3 heterocycles. The van der Waals surface area contributed by atoms with Crippen LogP contribution in [-0.2, 0) is 11.3 Å². The fourth-order valence-corrected chi connectivity index (χ4v) is 6.16. The van der Waals surface area contributed by atoms with Crippen molar-refractivity contribution in [2.24, 2.45) is 16.6 Å².